The van der Waals surface area contributed by atoms with Gasteiger partial charge in [-0.15, -0.1) is 0 Å². The SMILES string of the molecule is CC1(C)OC(C)(C)C(CN2CCCCCCC2)C1N. The van der Waals surface area contributed by atoms with E-state index in [-0.39, 0.29) is 17.2 Å². The van der Waals surface area contributed by atoms with Crippen molar-refractivity contribution in [1.29, 1.82) is 0 Å². The summed E-state index contributed by atoms with van der Waals surface area (Å²) in [5.74, 6) is 0.432. The lowest BCUT2D eigenvalue weighted by Gasteiger charge is -2.34. The van der Waals surface area contributed by atoms with Crippen molar-refractivity contribution in [2.24, 2.45) is 11.7 Å². The number of rotatable bonds is 2. The first-order valence-electron chi connectivity index (χ1n) is 8.01. The second kappa shape index (κ2) is 5.71. The van der Waals surface area contributed by atoms with E-state index < -0.39 is 0 Å². The third-order valence-electron chi connectivity index (χ3n) is 5.06. The van der Waals surface area contributed by atoms with Crippen molar-refractivity contribution in [3.05, 3.63) is 0 Å². The minimum absolute atomic E-state index is 0.106. The Morgan fingerprint density at radius 2 is 1.47 bits per heavy atom. The Bertz CT molecular complexity index is 293. The van der Waals surface area contributed by atoms with Crippen LogP contribution in [0.2, 0.25) is 0 Å². The van der Waals surface area contributed by atoms with Gasteiger partial charge in [0.1, 0.15) is 0 Å². The zero-order chi connectivity index (χ0) is 14.1. The van der Waals surface area contributed by atoms with Gasteiger partial charge in [0.25, 0.3) is 0 Å². The van der Waals surface area contributed by atoms with E-state index in [1.54, 1.807) is 0 Å². The third-order valence-corrected chi connectivity index (χ3v) is 5.06. The van der Waals surface area contributed by atoms with E-state index in [2.05, 4.69) is 32.6 Å². The maximum absolute atomic E-state index is 6.47. The lowest BCUT2D eigenvalue weighted by Crippen LogP contribution is -2.48. The lowest BCUT2D eigenvalue weighted by molar-refractivity contribution is -0.0785. The Hall–Kier alpha value is -0.120. The fourth-order valence-corrected chi connectivity index (χ4v) is 3.85. The molecule has 0 aromatic carbocycles. The van der Waals surface area contributed by atoms with E-state index in [1.165, 1.54) is 45.2 Å². The summed E-state index contributed by atoms with van der Waals surface area (Å²) in [4.78, 5) is 2.62. The van der Waals surface area contributed by atoms with Crippen molar-refractivity contribution >= 4 is 0 Å². The van der Waals surface area contributed by atoms with Gasteiger partial charge in [0, 0.05) is 18.5 Å². The molecule has 0 amide bonds. The summed E-state index contributed by atoms with van der Waals surface area (Å²) < 4.78 is 6.21. The minimum Gasteiger partial charge on any atom is -0.368 e. The molecule has 0 aliphatic carbocycles. The van der Waals surface area contributed by atoms with Crippen LogP contribution in [-0.2, 0) is 4.74 Å². The maximum Gasteiger partial charge on any atom is 0.0788 e. The van der Waals surface area contributed by atoms with E-state index in [4.69, 9.17) is 10.5 Å². The number of ether oxygens (including phenoxy) is 1. The Balaban J connectivity index is 2.00. The van der Waals surface area contributed by atoms with Crippen molar-refractivity contribution in [1.82, 2.24) is 4.90 Å². The van der Waals surface area contributed by atoms with Gasteiger partial charge >= 0.3 is 0 Å². The Labute approximate surface area is 118 Å². The lowest BCUT2D eigenvalue weighted by atomic mass is 9.82. The second-order valence-corrected chi connectivity index (χ2v) is 7.51. The summed E-state index contributed by atoms with van der Waals surface area (Å²) in [6.07, 6.45) is 6.87. The largest absolute Gasteiger partial charge is 0.368 e. The molecule has 2 aliphatic rings. The highest BCUT2D eigenvalue weighted by Crippen LogP contribution is 2.41. The van der Waals surface area contributed by atoms with Crippen LogP contribution in [0.4, 0.5) is 0 Å². The van der Waals surface area contributed by atoms with Gasteiger partial charge < -0.3 is 15.4 Å². The molecule has 2 heterocycles. The van der Waals surface area contributed by atoms with Crippen molar-refractivity contribution in [2.45, 2.75) is 77.0 Å². The topological polar surface area (TPSA) is 38.5 Å². The number of nitrogens with zero attached hydrogens (tertiary/aromatic N) is 1. The molecular formula is C16H32N2O. The predicted molar refractivity (Wildman–Crippen MR) is 80.2 cm³/mol. The molecular weight excluding hydrogens is 236 g/mol. The summed E-state index contributed by atoms with van der Waals surface area (Å²) in [6, 6.07) is 0.132. The van der Waals surface area contributed by atoms with E-state index in [1.807, 2.05) is 0 Å². The molecule has 0 radical (unpaired) electrons. The average molecular weight is 268 g/mol. The normalized spacial score (nSPS) is 35.8. The average Bonchev–Trinajstić information content (AvgIpc) is 2.39. The van der Waals surface area contributed by atoms with Crippen LogP contribution in [0.25, 0.3) is 0 Å². The fourth-order valence-electron chi connectivity index (χ4n) is 3.85. The highest BCUT2D eigenvalue weighted by atomic mass is 16.5. The maximum atomic E-state index is 6.47. The molecule has 0 spiro atoms. The van der Waals surface area contributed by atoms with Crippen molar-refractivity contribution in [3.63, 3.8) is 0 Å². The zero-order valence-corrected chi connectivity index (χ0v) is 13.2. The van der Waals surface area contributed by atoms with Gasteiger partial charge in [-0.25, -0.2) is 0 Å². The first kappa shape index (κ1) is 15.3. The van der Waals surface area contributed by atoms with Gasteiger partial charge in [-0.2, -0.15) is 0 Å². The third kappa shape index (κ3) is 3.50. The van der Waals surface area contributed by atoms with Gasteiger partial charge in [0.2, 0.25) is 0 Å². The highest BCUT2D eigenvalue weighted by Gasteiger charge is 2.52. The quantitative estimate of drug-likeness (QED) is 0.837. The molecule has 2 saturated heterocycles. The molecule has 0 bridgehead atoms. The Morgan fingerprint density at radius 3 is 1.95 bits per heavy atom. The van der Waals surface area contributed by atoms with Crippen LogP contribution in [0.5, 0.6) is 0 Å². The Kier molecular flexibility index (Phi) is 4.59. The summed E-state index contributed by atoms with van der Waals surface area (Å²) in [6.45, 7) is 12.2. The molecule has 0 saturated carbocycles. The van der Waals surface area contributed by atoms with Crippen LogP contribution in [0.15, 0.2) is 0 Å². The molecule has 2 atom stereocenters. The van der Waals surface area contributed by atoms with Crippen LogP contribution >= 0.6 is 0 Å². The molecule has 0 aromatic heterocycles. The van der Waals surface area contributed by atoms with Crippen LogP contribution in [-0.4, -0.2) is 41.8 Å². The zero-order valence-electron chi connectivity index (χ0n) is 13.2. The number of nitrogens with two attached hydrogens (primary N) is 1. The standard InChI is InChI=1S/C16H32N2O/c1-15(2)13(14(17)16(3,4)19-15)12-18-10-8-6-5-7-9-11-18/h13-14H,5-12,17H2,1-4H3. The summed E-state index contributed by atoms with van der Waals surface area (Å²) >= 11 is 0. The van der Waals surface area contributed by atoms with Crippen LogP contribution in [0.1, 0.15) is 59.8 Å². The number of likely N-dealkylation sites (tertiary alicyclic amines) is 1. The first-order valence-corrected chi connectivity index (χ1v) is 8.01. The monoisotopic (exact) mass is 268 g/mol. The predicted octanol–water partition coefficient (Wildman–Crippen LogP) is 2.78. The van der Waals surface area contributed by atoms with Gasteiger partial charge in [0.05, 0.1) is 11.2 Å². The molecule has 2 N–H and O–H groups in total. The van der Waals surface area contributed by atoms with E-state index in [9.17, 15) is 0 Å². The van der Waals surface area contributed by atoms with Crippen molar-refractivity contribution in [3.8, 4) is 0 Å². The first-order chi connectivity index (χ1) is 8.83. The van der Waals surface area contributed by atoms with Crippen molar-refractivity contribution < 1.29 is 4.74 Å². The summed E-state index contributed by atoms with van der Waals surface area (Å²) in [7, 11) is 0. The van der Waals surface area contributed by atoms with Gasteiger partial charge in [0.15, 0.2) is 0 Å². The smallest absolute Gasteiger partial charge is 0.0788 e. The molecule has 2 aliphatic heterocycles. The Morgan fingerprint density at radius 1 is 0.947 bits per heavy atom. The minimum atomic E-state index is -0.198. The molecule has 2 fully saturated rings. The number of hydrogen-bond acceptors (Lipinski definition) is 3. The molecule has 2 unspecified atom stereocenters. The van der Waals surface area contributed by atoms with Gasteiger partial charge in [-0.05, 0) is 53.6 Å². The second-order valence-electron chi connectivity index (χ2n) is 7.51. The summed E-state index contributed by atoms with van der Waals surface area (Å²) in [5, 5.41) is 0. The molecule has 2 rings (SSSR count). The molecule has 19 heavy (non-hydrogen) atoms. The molecule has 3 heteroatoms. The highest BCUT2D eigenvalue weighted by molar-refractivity contribution is 5.04. The van der Waals surface area contributed by atoms with E-state index in [0.717, 1.165) is 6.54 Å². The van der Waals surface area contributed by atoms with E-state index >= 15 is 0 Å². The molecule has 112 valence electrons. The molecule has 3 nitrogen and oxygen atoms in total. The van der Waals surface area contributed by atoms with Crippen LogP contribution < -0.4 is 5.73 Å². The van der Waals surface area contributed by atoms with E-state index in [0.29, 0.717) is 5.92 Å². The van der Waals surface area contributed by atoms with Gasteiger partial charge in [-0.3, -0.25) is 0 Å². The fraction of sp³-hybridized carbons (Fsp3) is 1.00. The summed E-state index contributed by atoms with van der Waals surface area (Å²) in [5.41, 5.74) is 6.16. The number of hydrogen-bond donors (Lipinski definition) is 1. The van der Waals surface area contributed by atoms with Crippen LogP contribution in [0.3, 0.4) is 0 Å². The van der Waals surface area contributed by atoms with Crippen molar-refractivity contribution in [2.75, 3.05) is 19.6 Å². The molecule has 0 aromatic rings. The van der Waals surface area contributed by atoms with Crippen LogP contribution in [0, 0.1) is 5.92 Å². The van der Waals surface area contributed by atoms with Gasteiger partial charge in [-0.1, -0.05) is 19.3 Å².